The van der Waals surface area contributed by atoms with Gasteiger partial charge >= 0.3 is 0 Å². The van der Waals surface area contributed by atoms with E-state index in [2.05, 4.69) is 35.9 Å². The molecule has 164 valence electrons. The van der Waals surface area contributed by atoms with Gasteiger partial charge in [0.05, 0.1) is 5.56 Å². The van der Waals surface area contributed by atoms with Crippen molar-refractivity contribution in [2.75, 3.05) is 10.6 Å². The molecule has 0 spiro atoms. The topological polar surface area (TPSA) is 113 Å². The zero-order chi connectivity index (χ0) is 22.8. The smallest absolute Gasteiger partial charge is 0.257 e. The molecule has 0 fully saturated rings. The standard InChI is InChI=1S/C23H20N8OS/c1-14-13-20(29-28-14)26-21-19-6-4-12-31(19)30-23(27-21)33-17-9-7-16(8-10-17)25-22(32)18-5-3-11-24-15(18)2/h3-13H,1-2H3,(H,25,32)(H2,26,27,28,29,30). The van der Waals surface area contributed by atoms with Crippen molar-refractivity contribution >= 4 is 40.5 Å². The number of aromatic nitrogens is 6. The van der Waals surface area contributed by atoms with E-state index in [4.69, 9.17) is 0 Å². The molecule has 5 rings (SSSR count). The van der Waals surface area contributed by atoms with E-state index in [1.807, 2.05) is 62.5 Å². The van der Waals surface area contributed by atoms with Gasteiger partial charge in [-0.25, -0.2) is 9.50 Å². The van der Waals surface area contributed by atoms with Crippen LogP contribution in [0.15, 0.2) is 77.0 Å². The molecule has 9 nitrogen and oxygen atoms in total. The fraction of sp³-hybridized carbons (Fsp3) is 0.0870. The number of aryl methyl sites for hydroxylation is 2. The second-order valence-corrected chi connectivity index (χ2v) is 8.40. The maximum Gasteiger partial charge on any atom is 0.257 e. The lowest BCUT2D eigenvalue weighted by Gasteiger charge is -2.09. The summed E-state index contributed by atoms with van der Waals surface area (Å²) in [4.78, 5) is 22.3. The second-order valence-electron chi connectivity index (χ2n) is 7.36. The molecule has 0 aliphatic carbocycles. The van der Waals surface area contributed by atoms with Crippen LogP contribution in [0.25, 0.3) is 5.52 Å². The highest BCUT2D eigenvalue weighted by atomic mass is 32.2. The van der Waals surface area contributed by atoms with Gasteiger partial charge in [-0.1, -0.05) is 0 Å². The van der Waals surface area contributed by atoms with E-state index in [9.17, 15) is 4.79 Å². The maximum atomic E-state index is 12.5. The van der Waals surface area contributed by atoms with Crippen LogP contribution >= 0.6 is 11.8 Å². The summed E-state index contributed by atoms with van der Waals surface area (Å²) in [7, 11) is 0. The third kappa shape index (κ3) is 4.55. The van der Waals surface area contributed by atoms with E-state index in [0.29, 0.717) is 33.7 Å². The predicted molar refractivity (Wildman–Crippen MR) is 127 cm³/mol. The molecule has 0 saturated carbocycles. The van der Waals surface area contributed by atoms with Crippen LogP contribution in [0, 0.1) is 13.8 Å². The average Bonchev–Trinajstić information content (AvgIpc) is 3.44. The minimum absolute atomic E-state index is 0.188. The zero-order valence-electron chi connectivity index (χ0n) is 17.9. The second kappa shape index (κ2) is 8.75. The van der Waals surface area contributed by atoms with Crippen molar-refractivity contribution in [3.63, 3.8) is 0 Å². The highest BCUT2D eigenvalue weighted by Gasteiger charge is 2.12. The van der Waals surface area contributed by atoms with Gasteiger partial charge in [-0.05, 0) is 74.1 Å². The van der Waals surface area contributed by atoms with Gasteiger partial charge < -0.3 is 10.6 Å². The van der Waals surface area contributed by atoms with Gasteiger partial charge in [0, 0.05) is 40.4 Å². The highest BCUT2D eigenvalue weighted by molar-refractivity contribution is 7.99. The number of nitrogens with one attached hydrogen (secondary N) is 3. The lowest BCUT2D eigenvalue weighted by Crippen LogP contribution is -2.13. The third-order valence-corrected chi connectivity index (χ3v) is 5.76. The van der Waals surface area contributed by atoms with Crippen LogP contribution in [0.4, 0.5) is 17.3 Å². The van der Waals surface area contributed by atoms with Gasteiger partial charge in [-0.15, -0.1) is 5.10 Å². The van der Waals surface area contributed by atoms with Crippen molar-refractivity contribution in [3.8, 4) is 0 Å². The van der Waals surface area contributed by atoms with E-state index in [1.165, 1.54) is 11.8 Å². The van der Waals surface area contributed by atoms with E-state index < -0.39 is 0 Å². The number of H-pyrrole nitrogens is 1. The summed E-state index contributed by atoms with van der Waals surface area (Å²) < 4.78 is 1.78. The molecular formula is C23H20N8OS. The number of fused-ring (bicyclic) bond motifs is 1. The number of carbonyl (C=O) groups excluding carboxylic acids is 1. The Balaban J connectivity index is 1.33. The number of anilines is 3. The summed E-state index contributed by atoms with van der Waals surface area (Å²) in [5.74, 6) is 1.17. The summed E-state index contributed by atoms with van der Waals surface area (Å²) in [6, 6.07) is 16.8. The van der Waals surface area contributed by atoms with Crippen LogP contribution < -0.4 is 10.6 Å². The van der Waals surface area contributed by atoms with Crippen LogP contribution in [0.1, 0.15) is 21.7 Å². The Morgan fingerprint density at radius 1 is 1.09 bits per heavy atom. The van der Waals surface area contributed by atoms with E-state index in [1.54, 1.807) is 22.8 Å². The Hall–Kier alpha value is -4.18. The van der Waals surface area contributed by atoms with Crippen LogP contribution in [0.2, 0.25) is 0 Å². The first-order valence-electron chi connectivity index (χ1n) is 10.2. The largest absolute Gasteiger partial charge is 0.322 e. The molecule has 1 aromatic carbocycles. The maximum absolute atomic E-state index is 12.5. The molecule has 4 heterocycles. The minimum atomic E-state index is -0.188. The monoisotopic (exact) mass is 456 g/mol. The Morgan fingerprint density at radius 2 is 1.94 bits per heavy atom. The molecular weight excluding hydrogens is 436 g/mol. The average molecular weight is 457 g/mol. The first-order valence-corrected chi connectivity index (χ1v) is 11.0. The first kappa shape index (κ1) is 20.7. The van der Waals surface area contributed by atoms with E-state index in [0.717, 1.165) is 16.1 Å². The molecule has 3 N–H and O–H groups in total. The number of nitrogens with zero attached hydrogens (tertiary/aromatic N) is 5. The molecule has 0 bridgehead atoms. The Morgan fingerprint density at radius 3 is 2.70 bits per heavy atom. The number of rotatable bonds is 6. The van der Waals surface area contributed by atoms with Crippen LogP contribution in [-0.4, -0.2) is 35.7 Å². The molecule has 0 saturated heterocycles. The number of benzene rings is 1. The van der Waals surface area contributed by atoms with Crippen LogP contribution in [0.5, 0.6) is 0 Å². The normalized spacial score (nSPS) is 11.0. The molecule has 0 atom stereocenters. The fourth-order valence-corrected chi connectivity index (χ4v) is 4.04. The van der Waals surface area contributed by atoms with Crippen LogP contribution in [0.3, 0.4) is 0 Å². The zero-order valence-corrected chi connectivity index (χ0v) is 18.7. The van der Waals surface area contributed by atoms with E-state index in [-0.39, 0.29) is 5.91 Å². The summed E-state index contributed by atoms with van der Waals surface area (Å²) in [6.07, 6.45) is 3.54. The SMILES string of the molecule is Cc1cc(Nc2nc(Sc3ccc(NC(=O)c4cccnc4C)cc3)nn3cccc23)n[nH]1. The summed E-state index contributed by atoms with van der Waals surface area (Å²) in [5, 5.41) is 18.5. The predicted octanol–water partition coefficient (Wildman–Crippen LogP) is 4.61. The Labute approximate surface area is 193 Å². The molecule has 0 aliphatic rings. The lowest BCUT2D eigenvalue weighted by atomic mass is 10.2. The molecule has 4 aromatic heterocycles. The first-order chi connectivity index (χ1) is 16.0. The number of amides is 1. The van der Waals surface area contributed by atoms with Crippen molar-refractivity contribution in [1.82, 2.24) is 29.8 Å². The molecule has 0 aliphatic heterocycles. The molecule has 10 heteroatoms. The number of pyridine rings is 1. The number of hydrogen-bond donors (Lipinski definition) is 3. The van der Waals surface area contributed by atoms with Gasteiger partial charge in [0.2, 0.25) is 5.16 Å². The van der Waals surface area contributed by atoms with Crippen molar-refractivity contribution in [2.45, 2.75) is 23.9 Å². The number of hydrogen-bond acceptors (Lipinski definition) is 7. The number of carbonyl (C=O) groups is 1. The van der Waals surface area contributed by atoms with Crippen molar-refractivity contribution in [3.05, 3.63) is 83.9 Å². The molecule has 0 radical (unpaired) electrons. The summed E-state index contributed by atoms with van der Waals surface area (Å²) in [6.45, 7) is 3.75. The van der Waals surface area contributed by atoms with Gasteiger partial charge in [0.15, 0.2) is 11.6 Å². The highest BCUT2D eigenvalue weighted by Crippen LogP contribution is 2.29. The van der Waals surface area contributed by atoms with Gasteiger partial charge in [-0.3, -0.25) is 14.9 Å². The van der Waals surface area contributed by atoms with E-state index >= 15 is 0 Å². The molecule has 1 amide bonds. The number of aromatic amines is 1. The quantitative estimate of drug-likeness (QED) is 0.342. The fourth-order valence-electron chi connectivity index (χ4n) is 3.29. The van der Waals surface area contributed by atoms with Gasteiger partial charge in [0.25, 0.3) is 5.91 Å². The molecule has 0 unspecified atom stereocenters. The van der Waals surface area contributed by atoms with Gasteiger partial charge in [-0.2, -0.15) is 5.10 Å². The summed E-state index contributed by atoms with van der Waals surface area (Å²) in [5.41, 5.74) is 3.75. The minimum Gasteiger partial charge on any atom is -0.322 e. The lowest BCUT2D eigenvalue weighted by molar-refractivity contribution is 0.102. The van der Waals surface area contributed by atoms with Crippen molar-refractivity contribution in [1.29, 1.82) is 0 Å². The molecule has 33 heavy (non-hydrogen) atoms. The molecule has 5 aromatic rings. The Kier molecular flexibility index (Phi) is 5.49. The van der Waals surface area contributed by atoms with Crippen LogP contribution in [-0.2, 0) is 0 Å². The van der Waals surface area contributed by atoms with Crippen molar-refractivity contribution < 1.29 is 4.79 Å². The Bertz CT molecular complexity index is 1440. The van der Waals surface area contributed by atoms with Gasteiger partial charge in [0.1, 0.15) is 5.52 Å². The van der Waals surface area contributed by atoms with Crippen molar-refractivity contribution in [2.24, 2.45) is 0 Å². The third-order valence-electron chi connectivity index (χ3n) is 4.90. The summed E-state index contributed by atoms with van der Waals surface area (Å²) >= 11 is 1.43.